The molecule has 0 fully saturated rings. The summed E-state index contributed by atoms with van der Waals surface area (Å²) in [5, 5.41) is 8.58. The van der Waals surface area contributed by atoms with E-state index in [1.165, 1.54) is 6.07 Å². The van der Waals surface area contributed by atoms with Crippen LogP contribution in [-0.4, -0.2) is 24.3 Å². The van der Waals surface area contributed by atoms with Crippen molar-refractivity contribution in [2.45, 2.75) is 18.9 Å². The summed E-state index contributed by atoms with van der Waals surface area (Å²) >= 11 is 0. The molecular formula is C12H14FNO4. The van der Waals surface area contributed by atoms with E-state index in [0.717, 1.165) is 0 Å². The Balaban J connectivity index is 2.18. The number of benzene rings is 1. The Kier molecular flexibility index (Phi) is 3.66. The minimum atomic E-state index is -0.927. The van der Waals surface area contributed by atoms with Crippen LogP contribution < -0.4 is 15.2 Å². The molecule has 1 unspecified atom stereocenters. The number of carboxylic acids is 1. The summed E-state index contributed by atoms with van der Waals surface area (Å²) in [4.78, 5) is 10.5. The first kappa shape index (κ1) is 12.6. The number of hydrogen-bond acceptors (Lipinski definition) is 4. The van der Waals surface area contributed by atoms with Crippen LogP contribution >= 0.6 is 0 Å². The average Bonchev–Trinajstić information content (AvgIpc) is 2.36. The first-order valence-corrected chi connectivity index (χ1v) is 5.64. The van der Waals surface area contributed by atoms with Gasteiger partial charge in [-0.1, -0.05) is 0 Å². The van der Waals surface area contributed by atoms with Gasteiger partial charge in [-0.05, 0) is 24.1 Å². The maximum atomic E-state index is 13.7. The predicted octanol–water partition coefficient (Wildman–Crippen LogP) is 1.46. The van der Waals surface area contributed by atoms with E-state index in [4.69, 9.17) is 20.3 Å². The molecule has 0 amide bonds. The maximum Gasteiger partial charge on any atom is 0.303 e. The molecule has 3 N–H and O–H groups in total. The molecule has 1 atom stereocenters. The van der Waals surface area contributed by atoms with E-state index >= 15 is 0 Å². The Morgan fingerprint density at radius 3 is 2.89 bits per heavy atom. The predicted molar refractivity (Wildman–Crippen MR) is 61.2 cm³/mol. The highest BCUT2D eigenvalue weighted by molar-refractivity contribution is 5.66. The van der Waals surface area contributed by atoms with Gasteiger partial charge in [-0.15, -0.1) is 0 Å². The monoisotopic (exact) mass is 255 g/mol. The van der Waals surface area contributed by atoms with Crippen molar-refractivity contribution in [2.75, 3.05) is 13.2 Å². The van der Waals surface area contributed by atoms with Crippen LogP contribution in [-0.2, 0) is 4.79 Å². The van der Waals surface area contributed by atoms with Crippen LogP contribution in [0.15, 0.2) is 12.1 Å². The second-order valence-electron chi connectivity index (χ2n) is 4.07. The molecule has 0 bridgehead atoms. The quantitative estimate of drug-likeness (QED) is 0.851. The van der Waals surface area contributed by atoms with Crippen LogP contribution in [0.4, 0.5) is 4.39 Å². The van der Waals surface area contributed by atoms with Gasteiger partial charge >= 0.3 is 5.97 Å². The Morgan fingerprint density at radius 2 is 2.17 bits per heavy atom. The molecule has 5 nitrogen and oxygen atoms in total. The molecule has 6 heteroatoms. The summed E-state index contributed by atoms with van der Waals surface area (Å²) in [6, 6.07) is 2.33. The first-order valence-electron chi connectivity index (χ1n) is 5.64. The van der Waals surface area contributed by atoms with Gasteiger partial charge < -0.3 is 20.3 Å². The second kappa shape index (κ2) is 5.22. The molecule has 1 aliphatic heterocycles. The van der Waals surface area contributed by atoms with Crippen LogP contribution in [0.25, 0.3) is 0 Å². The molecule has 2 rings (SSSR count). The fourth-order valence-corrected chi connectivity index (χ4v) is 1.79. The zero-order valence-corrected chi connectivity index (χ0v) is 9.69. The van der Waals surface area contributed by atoms with E-state index in [1.807, 2.05) is 0 Å². The zero-order chi connectivity index (χ0) is 13.1. The third-order valence-electron chi connectivity index (χ3n) is 2.72. The van der Waals surface area contributed by atoms with Crippen LogP contribution in [0.5, 0.6) is 11.5 Å². The lowest BCUT2D eigenvalue weighted by molar-refractivity contribution is -0.137. The van der Waals surface area contributed by atoms with Crippen molar-refractivity contribution in [1.29, 1.82) is 0 Å². The fourth-order valence-electron chi connectivity index (χ4n) is 1.79. The van der Waals surface area contributed by atoms with Gasteiger partial charge in [-0.25, -0.2) is 4.39 Å². The molecule has 0 saturated carbocycles. The third-order valence-corrected chi connectivity index (χ3v) is 2.72. The van der Waals surface area contributed by atoms with Crippen molar-refractivity contribution in [3.8, 4) is 11.5 Å². The number of carbonyl (C=O) groups is 1. The van der Waals surface area contributed by atoms with Gasteiger partial charge in [0.15, 0.2) is 17.3 Å². The third kappa shape index (κ3) is 2.70. The van der Waals surface area contributed by atoms with E-state index in [0.29, 0.717) is 24.5 Å². The average molecular weight is 255 g/mol. The number of aliphatic carboxylic acids is 1. The fraction of sp³-hybridized carbons (Fsp3) is 0.417. The molecule has 0 spiro atoms. The molecule has 0 saturated heterocycles. The number of ether oxygens (including phenoxy) is 2. The summed E-state index contributed by atoms with van der Waals surface area (Å²) in [7, 11) is 0. The first-order chi connectivity index (χ1) is 8.58. The minimum Gasteiger partial charge on any atom is -0.486 e. The largest absolute Gasteiger partial charge is 0.486 e. The number of carboxylic acid groups (broad SMARTS) is 1. The molecule has 0 aromatic heterocycles. The highest BCUT2D eigenvalue weighted by Crippen LogP contribution is 2.35. The second-order valence-corrected chi connectivity index (χ2v) is 4.07. The van der Waals surface area contributed by atoms with Crippen molar-refractivity contribution in [3.63, 3.8) is 0 Å². The summed E-state index contributed by atoms with van der Waals surface area (Å²) in [5.74, 6) is -1.05. The molecule has 1 aliphatic rings. The van der Waals surface area contributed by atoms with Gasteiger partial charge in [0.1, 0.15) is 13.2 Å². The topological polar surface area (TPSA) is 81.8 Å². The molecular weight excluding hydrogens is 241 g/mol. The molecule has 18 heavy (non-hydrogen) atoms. The number of nitrogens with two attached hydrogens (primary N) is 1. The Morgan fingerprint density at radius 1 is 1.44 bits per heavy atom. The van der Waals surface area contributed by atoms with Crippen LogP contribution in [0, 0.1) is 5.82 Å². The molecule has 1 heterocycles. The van der Waals surface area contributed by atoms with Crippen molar-refractivity contribution in [2.24, 2.45) is 5.73 Å². The van der Waals surface area contributed by atoms with E-state index in [1.54, 1.807) is 6.07 Å². The minimum absolute atomic E-state index is 0.0583. The summed E-state index contributed by atoms with van der Waals surface area (Å²) in [6.07, 6.45) is 0.186. The van der Waals surface area contributed by atoms with Gasteiger partial charge in [0.05, 0.1) is 0 Å². The molecule has 1 aromatic rings. The number of halogens is 1. The summed E-state index contributed by atoms with van der Waals surface area (Å²) < 4.78 is 24.2. The van der Waals surface area contributed by atoms with E-state index < -0.39 is 17.8 Å². The highest BCUT2D eigenvalue weighted by atomic mass is 19.1. The Hall–Kier alpha value is -1.82. The van der Waals surface area contributed by atoms with Gasteiger partial charge in [-0.3, -0.25) is 4.79 Å². The summed E-state index contributed by atoms with van der Waals surface area (Å²) in [5.41, 5.74) is 6.33. The van der Waals surface area contributed by atoms with Crippen LogP contribution in [0.3, 0.4) is 0 Å². The summed E-state index contributed by atoms with van der Waals surface area (Å²) in [6.45, 7) is 0.675. The Bertz CT molecular complexity index is 464. The highest BCUT2D eigenvalue weighted by Gasteiger charge is 2.20. The number of hydrogen-bond donors (Lipinski definition) is 2. The molecule has 1 aromatic carbocycles. The van der Waals surface area contributed by atoms with Crippen molar-refractivity contribution in [3.05, 3.63) is 23.5 Å². The smallest absolute Gasteiger partial charge is 0.303 e. The lowest BCUT2D eigenvalue weighted by atomic mass is 10.0. The SMILES string of the molecule is NC(CCC(=O)O)c1cc(F)c2c(c1)OCCO2. The van der Waals surface area contributed by atoms with Gasteiger partial charge in [0, 0.05) is 12.5 Å². The van der Waals surface area contributed by atoms with Crippen molar-refractivity contribution < 1.29 is 23.8 Å². The van der Waals surface area contributed by atoms with Gasteiger partial charge in [0.2, 0.25) is 0 Å². The van der Waals surface area contributed by atoms with Crippen LogP contribution in [0.1, 0.15) is 24.4 Å². The lowest BCUT2D eigenvalue weighted by Crippen LogP contribution is -2.18. The van der Waals surface area contributed by atoms with Gasteiger partial charge in [0.25, 0.3) is 0 Å². The molecule has 0 radical (unpaired) electrons. The normalized spacial score (nSPS) is 15.2. The standard InChI is InChI=1S/C12H14FNO4/c13-8-5-7(9(14)1-2-11(15)16)6-10-12(8)18-4-3-17-10/h5-6,9H,1-4,14H2,(H,15,16). The van der Waals surface area contributed by atoms with Gasteiger partial charge in [-0.2, -0.15) is 0 Å². The van der Waals surface area contributed by atoms with Crippen LogP contribution in [0.2, 0.25) is 0 Å². The zero-order valence-electron chi connectivity index (χ0n) is 9.69. The van der Waals surface area contributed by atoms with E-state index in [-0.39, 0.29) is 18.6 Å². The van der Waals surface area contributed by atoms with E-state index in [2.05, 4.69) is 0 Å². The molecule has 98 valence electrons. The van der Waals surface area contributed by atoms with E-state index in [9.17, 15) is 9.18 Å². The maximum absolute atomic E-state index is 13.7. The number of rotatable bonds is 4. The molecule has 0 aliphatic carbocycles. The number of fused-ring (bicyclic) bond motifs is 1. The van der Waals surface area contributed by atoms with Crippen molar-refractivity contribution >= 4 is 5.97 Å². The lowest BCUT2D eigenvalue weighted by Gasteiger charge is -2.21. The Labute approximate surface area is 103 Å². The van der Waals surface area contributed by atoms with Crippen molar-refractivity contribution in [1.82, 2.24) is 0 Å².